The molecule has 0 fully saturated rings. The van der Waals surface area contributed by atoms with Crippen molar-refractivity contribution >= 4 is 29.0 Å². The Hall–Kier alpha value is -2.68. The van der Waals surface area contributed by atoms with Crippen LogP contribution < -0.4 is 10.9 Å². The van der Waals surface area contributed by atoms with Crippen LogP contribution in [0.4, 0.5) is 11.4 Å². The number of benzene rings is 1. The van der Waals surface area contributed by atoms with E-state index in [0.29, 0.717) is 10.8 Å². The van der Waals surface area contributed by atoms with Crippen LogP contribution in [0.1, 0.15) is 19.9 Å². The van der Waals surface area contributed by atoms with Crippen LogP contribution in [-0.4, -0.2) is 26.1 Å². The second-order valence-electron chi connectivity index (χ2n) is 5.19. The molecule has 0 saturated carbocycles. The average molecular weight is 348 g/mol. The number of amides is 1. The molecule has 8 nitrogen and oxygen atoms in total. The van der Waals surface area contributed by atoms with Gasteiger partial charge in [-0.05, 0) is 26.0 Å². The second kappa shape index (κ2) is 7.73. The zero-order valence-corrected chi connectivity index (χ0v) is 13.9. The number of carbonyl (C=O) groups is 1. The lowest BCUT2D eigenvalue weighted by Gasteiger charge is -2.14. The third-order valence-electron chi connectivity index (χ3n) is 3.06. The van der Waals surface area contributed by atoms with Crippen LogP contribution >= 0.6 is 11.8 Å². The van der Waals surface area contributed by atoms with Gasteiger partial charge in [-0.15, -0.1) is 0 Å². The number of hydrogen-bond acceptors (Lipinski definition) is 6. The zero-order valence-electron chi connectivity index (χ0n) is 13.1. The van der Waals surface area contributed by atoms with Gasteiger partial charge >= 0.3 is 0 Å². The predicted molar refractivity (Wildman–Crippen MR) is 91.3 cm³/mol. The van der Waals surface area contributed by atoms with Crippen molar-refractivity contribution in [3.8, 4) is 0 Å². The first kappa shape index (κ1) is 17.7. The minimum absolute atomic E-state index is 0.0446. The number of carbonyl (C=O) groups excluding carboxylic acids is 1. The summed E-state index contributed by atoms with van der Waals surface area (Å²) >= 11 is 1.16. The van der Waals surface area contributed by atoms with Crippen molar-refractivity contribution in [1.29, 1.82) is 0 Å². The molecule has 24 heavy (non-hydrogen) atoms. The molecule has 0 spiro atoms. The zero-order chi connectivity index (χ0) is 17.7. The molecule has 0 unspecified atom stereocenters. The van der Waals surface area contributed by atoms with Crippen molar-refractivity contribution in [2.45, 2.75) is 25.0 Å². The van der Waals surface area contributed by atoms with E-state index in [9.17, 15) is 19.7 Å². The van der Waals surface area contributed by atoms with Crippen LogP contribution in [0.25, 0.3) is 0 Å². The maximum atomic E-state index is 12.0. The van der Waals surface area contributed by atoms with Gasteiger partial charge in [-0.25, -0.2) is 0 Å². The van der Waals surface area contributed by atoms with Gasteiger partial charge in [-0.3, -0.25) is 19.7 Å². The highest BCUT2D eigenvalue weighted by atomic mass is 32.2. The number of non-ortho nitro benzene ring substituents is 1. The summed E-state index contributed by atoms with van der Waals surface area (Å²) in [7, 11) is 0. The minimum atomic E-state index is -0.506. The first-order chi connectivity index (χ1) is 11.4. The summed E-state index contributed by atoms with van der Waals surface area (Å²) in [5.74, 6) is -0.220. The van der Waals surface area contributed by atoms with E-state index in [-0.39, 0.29) is 28.9 Å². The van der Waals surface area contributed by atoms with E-state index in [2.05, 4.69) is 10.3 Å². The second-order valence-corrected chi connectivity index (χ2v) is 6.13. The van der Waals surface area contributed by atoms with E-state index in [1.165, 1.54) is 30.3 Å². The molecule has 2 rings (SSSR count). The van der Waals surface area contributed by atoms with Gasteiger partial charge in [0.1, 0.15) is 0 Å². The van der Waals surface area contributed by atoms with Crippen molar-refractivity contribution in [1.82, 2.24) is 9.55 Å². The van der Waals surface area contributed by atoms with E-state index >= 15 is 0 Å². The molecule has 126 valence electrons. The molecule has 1 aromatic heterocycles. The summed E-state index contributed by atoms with van der Waals surface area (Å²) in [6, 6.07) is 7.05. The van der Waals surface area contributed by atoms with E-state index < -0.39 is 4.92 Å². The van der Waals surface area contributed by atoms with E-state index in [0.717, 1.165) is 11.8 Å². The van der Waals surface area contributed by atoms with Crippen molar-refractivity contribution < 1.29 is 9.72 Å². The predicted octanol–water partition coefficient (Wildman–Crippen LogP) is 2.46. The number of thioether (sulfide) groups is 1. The lowest BCUT2D eigenvalue weighted by Crippen LogP contribution is -2.18. The molecule has 0 saturated heterocycles. The number of nitrogens with zero attached hydrogens (tertiary/aromatic N) is 3. The Balaban J connectivity index is 1.99. The number of rotatable bonds is 6. The van der Waals surface area contributed by atoms with Crippen LogP contribution in [0.5, 0.6) is 0 Å². The molecule has 1 N–H and O–H groups in total. The molecule has 1 heterocycles. The lowest BCUT2D eigenvalue weighted by molar-refractivity contribution is -0.384. The Kier molecular flexibility index (Phi) is 5.69. The van der Waals surface area contributed by atoms with Gasteiger partial charge in [0, 0.05) is 36.1 Å². The van der Waals surface area contributed by atoms with E-state index in [1.54, 1.807) is 6.20 Å². The standard InChI is InChI=1S/C15H16N4O4S/c1-10(2)18-8-7-13(20)17-15(18)24-9-14(21)16-11-3-5-12(6-4-11)19(22)23/h3-8,10H,9H2,1-2H3,(H,16,21). The fraction of sp³-hybridized carbons (Fsp3) is 0.267. The Morgan fingerprint density at radius 1 is 1.33 bits per heavy atom. The summed E-state index contributed by atoms with van der Waals surface area (Å²) in [4.78, 5) is 37.4. The van der Waals surface area contributed by atoms with Crippen LogP contribution in [0.15, 0.2) is 46.5 Å². The van der Waals surface area contributed by atoms with Crippen LogP contribution in [0.3, 0.4) is 0 Å². The lowest BCUT2D eigenvalue weighted by atomic mass is 10.3. The van der Waals surface area contributed by atoms with Gasteiger partial charge in [-0.2, -0.15) is 4.98 Å². The van der Waals surface area contributed by atoms with Gasteiger partial charge < -0.3 is 9.88 Å². The fourth-order valence-corrected chi connectivity index (χ4v) is 2.80. The van der Waals surface area contributed by atoms with Crippen molar-refractivity contribution in [3.63, 3.8) is 0 Å². The minimum Gasteiger partial charge on any atom is -0.325 e. The molecule has 0 bridgehead atoms. The Bertz CT molecular complexity index is 802. The first-order valence-corrected chi connectivity index (χ1v) is 8.11. The molecule has 0 atom stereocenters. The first-order valence-electron chi connectivity index (χ1n) is 7.13. The summed E-state index contributed by atoms with van der Waals surface area (Å²) in [6.45, 7) is 3.90. The molecule has 0 aliphatic heterocycles. The van der Waals surface area contributed by atoms with Crippen molar-refractivity contribution in [2.75, 3.05) is 11.1 Å². The van der Waals surface area contributed by atoms with Gasteiger partial charge in [0.15, 0.2) is 5.16 Å². The van der Waals surface area contributed by atoms with Crippen LogP contribution in [-0.2, 0) is 4.79 Å². The number of anilines is 1. The van der Waals surface area contributed by atoms with Gasteiger partial charge in [0.25, 0.3) is 11.2 Å². The molecule has 0 aliphatic rings. The Morgan fingerprint density at radius 3 is 2.58 bits per heavy atom. The van der Waals surface area contributed by atoms with Gasteiger partial charge in [-0.1, -0.05) is 11.8 Å². The van der Waals surface area contributed by atoms with Gasteiger partial charge in [0.2, 0.25) is 5.91 Å². The molecule has 2 aromatic rings. The molecular weight excluding hydrogens is 332 g/mol. The smallest absolute Gasteiger partial charge is 0.273 e. The third-order valence-corrected chi connectivity index (χ3v) is 4.02. The Morgan fingerprint density at radius 2 is 2.00 bits per heavy atom. The van der Waals surface area contributed by atoms with Crippen LogP contribution in [0, 0.1) is 10.1 Å². The average Bonchev–Trinajstić information content (AvgIpc) is 2.53. The SMILES string of the molecule is CC(C)n1ccc(=O)nc1SCC(=O)Nc1ccc([N+](=O)[O-])cc1. The summed E-state index contributed by atoms with van der Waals surface area (Å²) in [6.07, 6.45) is 1.65. The number of hydrogen-bond donors (Lipinski definition) is 1. The largest absolute Gasteiger partial charge is 0.325 e. The number of nitrogens with one attached hydrogen (secondary N) is 1. The molecule has 9 heteroatoms. The quantitative estimate of drug-likeness (QED) is 0.372. The molecule has 1 aromatic carbocycles. The highest BCUT2D eigenvalue weighted by Crippen LogP contribution is 2.19. The third kappa shape index (κ3) is 4.66. The number of aromatic nitrogens is 2. The molecule has 1 amide bonds. The Labute approximate surface area is 142 Å². The molecule has 0 radical (unpaired) electrons. The summed E-state index contributed by atoms with van der Waals surface area (Å²) < 4.78 is 1.81. The van der Waals surface area contributed by atoms with Crippen molar-refractivity contribution in [2.24, 2.45) is 0 Å². The number of nitro groups is 1. The van der Waals surface area contributed by atoms with Gasteiger partial charge in [0.05, 0.1) is 10.7 Å². The highest BCUT2D eigenvalue weighted by Gasteiger charge is 2.11. The monoisotopic (exact) mass is 348 g/mol. The highest BCUT2D eigenvalue weighted by molar-refractivity contribution is 7.99. The van der Waals surface area contributed by atoms with Crippen molar-refractivity contribution in [3.05, 3.63) is 57.0 Å². The summed E-state index contributed by atoms with van der Waals surface area (Å²) in [5.41, 5.74) is 0.0652. The maximum Gasteiger partial charge on any atom is 0.273 e. The van der Waals surface area contributed by atoms with Crippen LogP contribution in [0.2, 0.25) is 0 Å². The normalized spacial score (nSPS) is 10.6. The maximum absolute atomic E-state index is 12.0. The summed E-state index contributed by atoms with van der Waals surface area (Å²) in [5, 5.41) is 13.7. The number of nitro benzene ring substituents is 1. The molecule has 0 aliphatic carbocycles. The van der Waals surface area contributed by atoms with E-state index in [4.69, 9.17) is 0 Å². The fourth-order valence-electron chi connectivity index (χ4n) is 1.89. The van der Waals surface area contributed by atoms with E-state index in [1.807, 2.05) is 18.4 Å². The molecular formula is C15H16N4O4S. The topological polar surface area (TPSA) is 107 Å².